The minimum absolute atomic E-state index is 0.0758. The number of amides is 2. The molecule has 4 aromatic carbocycles. The van der Waals surface area contributed by atoms with Crippen LogP contribution in [-0.4, -0.2) is 43.8 Å². The Hall–Kier alpha value is -4.35. The third-order valence-corrected chi connectivity index (χ3v) is 10.5. The molecule has 5 rings (SSSR count). The summed E-state index contributed by atoms with van der Waals surface area (Å²) in [6.45, 7) is -1.04. The van der Waals surface area contributed by atoms with Gasteiger partial charge in [0.15, 0.2) is 0 Å². The molecular weight excluding hydrogens is 663 g/mol. The fourth-order valence-electron chi connectivity index (χ4n) is 5.82. The lowest BCUT2D eigenvalue weighted by Crippen LogP contribution is -2.54. The second-order valence-corrected chi connectivity index (χ2v) is 14.0. The fraction of sp³-hybridized carbons (Fsp3) is 0.278. The van der Waals surface area contributed by atoms with Gasteiger partial charge >= 0.3 is 6.18 Å². The predicted octanol–water partition coefficient (Wildman–Crippen LogP) is 7.25. The average Bonchev–Trinajstić information content (AvgIpc) is 3.59. The van der Waals surface area contributed by atoms with E-state index in [2.05, 4.69) is 5.32 Å². The molecule has 1 aliphatic rings. The standard InChI is InChI=1S/C36H35ClF3N3O4S/c37-32-21-10-7-14-27(32)24-42(33(22-26-12-3-1-4-13-26)35(45)41-29-16-8-9-17-29)34(44)25-43(48(46,47)31-19-5-2-6-20-31)30-18-11-15-28(23-30)36(38,39)40/h1-7,10-15,18-21,23,29,33H,8-9,16-17,22,24-25H2,(H,41,45)/t33-/m0/s1. The van der Waals surface area contributed by atoms with Crippen molar-refractivity contribution < 1.29 is 31.2 Å². The Morgan fingerprint density at radius 2 is 1.48 bits per heavy atom. The van der Waals surface area contributed by atoms with E-state index < -0.39 is 46.2 Å². The lowest BCUT2D eigenvalue weighted by atomic mass is 10.0. The van der Waals surface area contributed by atoms with E-state index in [-0.39, 0.29) is 29.6 Å². The van der Waals surface area contributed by atoms with Gasteiger partial charge in [0.05, 0.1) is 16.1 Å². The van der Waals surface area contributed by atoms with Gasteiger partial charge in [0.25, 0.3) is 10.0 Å². The van der Waals surface area contributed by atoms with Crippen LogP contribution in [0.25, 0.3) is 0 Å². The highest BCUT2D eigenvalue weighted by Gasteiger charge is 2.37. The zero-order valence-corrected chi connectivity index (χ0v) is 27.5. The van der Waals surface area contributed by atoms with Crippen molar-refractivity contribution in [1.29, 1.82) is 0 Å². The van der Waals surface area contributed by atoms with E-state index >= 15 is 0 Å². The van der Waals surface area contributed by atoms with Crippen LogP contribution in [0.15, 0.2) is 114 Å². The molecule has 48 heavy (non-hydrogen) atoms. The SMILES string of the molecule is O=C(NC1CCCC1)[C@H](Cc1ccccc1)N(Cc1ccccc1Cl)C(=O)CN(c1cccc(C(F)(F)F)c1)S(=O)(=O)c1ccccc1. The Balaban J connectivity index is 1.60. The number of alkyl halides is 3. The highest BCUT2D eigenvalue weighted by molar-refractivity contribution is 7.92. The Morgan fingerprint density at radius 1 is 0.854 bits per heavy atom. The summed E-state index contributed by atoms with van der Waals surface area (Å²) in [6, 6.07) is 25.7. The monoisotopic (exact) mass is 697 g/mol. The Kier molecular flexibility index (Phi) is 11.1. The summed E-state index contributed by atoms with van der Waals surface area (Å²) in [6.07, 6.45) is -1.16. The number of benzene rings is 4. The molecule has 0 unspecified atom stereocenters. The Morgan fingerprint density at radius 3 is 2.12 bits per heavy atom. The lowest BCUT2D eigenvalue weighted by molar-refractivity contribution is -0.140. The number of nitrogens with one attached hydrogen (secondary N) is 1. The van der Waals surface area contributed by atoms with E-state index in [1.165, 1.54) is 35.2 Å². The maximum atomic E-state index is 14.6. The number of rotatable bonds is 12. The number of carbonyl (C=O) groups is 2. The van der Waals surface area contributed by atoms with Gasteiger partial charge in [-0.25, -0.2) is 8.42 Å². The molecule has 1 aliphatic carbocycles. The number of sulfonamides is 1. The molecule has 7 nitrogen and oxygen atoms in total. The van der Waals surface area contributed by atoms with E-state index in [1.54, 1.807) is 30.3 Å². The van der Waals surface area contributed by atoms with Crippen LogP contribution in [0.3, 0.4) is 0 Å². The second-order valence-electron chi connectivity index (χ2n) is 11.7. The lowest BCUT2D eigenvalue weighted by Gasteiger charge is -2.34. The van der Waals surface area contributed by atoms with Crippen LogP contribution in [0, 0.1) is 0 Å². The van der Waals surface area contributed by atoms with Crippen molar-refractivity contribution in [2.45, 2.75) is 61.8 Å². The van der Waals surface area contributed by atoms with E-state index in [4.69, 9.17) is 11.6 Å². The smallest absolute Gasteiger partial charge is 0.352 e. The van der Waals surface area contributed by atoms with Gasteiger partial charge < -0.3 is 10.2 Å². The van der Waals surface area contributed by atoms with Gasteiger partial charge in [0.1, 0.15) is 12.6 Å². The summed E-state index contributed by atoms with van der Waals surface area (Å²) < 4.78 is 70.2. The Bertz CT molecular complexity index is 1820. The van der Waals surface area contributed by atoms with Crippen molar-refractivity contribution in [3.8, 4) is 0 Å². The van der Waals surface area contributed by atoms with E-state index in [9.17, 15) is 31.2 Å². The van der Waals surface area contributed by atoms with Crippen LogP contribution < -0.4 is 9.62 Å². The molecule has 1 saturated carbocycles. The van der Waals surface area contributed by atoms with Gasteiger partial charge in [-0.3, -0.25) is 13.9 Å². The molecule has 2 amide bonds. The highest BCUT2D eigenvalue weighted by Crippen LogP contribution is 2.33. The van der Waals surface area contributed by atoms with Crippen molar-refractivity contribution >= 4 is 39.1 Å². The van der Waals surface area contributed by atoms with Crippen LogP contribution in [0.1, 0.15) is 42.4 Å². The van der Waals surface area contributed by atoms with Crippen molar-refractivity contribution in [2.24, 2.45) is 0 Å². The highest BCUT2D eigenvalue weighted by atomic mass is 35.5. The first-order valence-corrected chi connectivity index (χ1v) is 17.4. The van der Waals surface area contributed by atoms with Crippen molar-refractivity contribution in [3.05, 3.63) is 131 Å². The summed E-state index contributed by atoms with van der Waals surface area (Å²) in [5.74, 6) is -1.21. The third-order valence-electron chi connectivity index (χ3n) is 8.34. The normalized spacial score (nSPS) is 14.3. The van der Waals surface area contributed by atoms with Crippen molar-refractivity contribution in [2.75, 3.05) is 10.8 Å². The van der Waals surface area contributed by atoms with Crippen LogP contribution in [0.4, 0.5) is 18.9 Å². The average molecular weight is 698 g/mol. The van der Waals surface area contributed by atoms with E-state index in [1.807, 2.05) is 30.3 Å². The molecule has 0 radical (unpaired) electrons. The number of halogens is 4. The van der Waals surface area contributed by atoms with Gasteiger partial charge in [-0.15, -0.1) is 0 Å². The van der Waals surface area contributed by atoms with Crippen LogP contribution >= 0.6 is 11.6 Å². The van der Waals surface area contributed by atoms with Gasteiger partial charge in [0, 0.05) is 24.0 Å². The maximum Gasteiger partial charge on any atom is 0.416 e. The molecule has 0 spiro atoms. The van der Waals surface area contributed by atoms with Gasteiger partial charge in [0.2, 0.25) is 11.8 Å². The first-order chi connectivity index (χ1) is 22.9. The maximum absolute atomic E-state index is 14.6. The zero-order chi connectivity index (χ0) is 34.3. The summed E-state index contributed by atoms with van der Waals surface area (Å²) in [5.41, 5.74) is -0.162. The fourth-order valence-corrected chi connectivity index (χ4v) is 7.44. The molecule has 0 aromatic heterocycles. The first-order valence-electron chi connectivity index (χ1n) is 15.6. The summed E-state index contributed by atoms with van der Waals surface area (Å²) in [7, 11) is -4.56. The minimum Gasteiger partial charge on any atom is -0.352 e. The molecule has 0 heterocycles. The topological polar surface area (TPSA) is 86.8 Å². The minimum atomic E-state index is -4.77. The van der Waals surface area contributed by atoms with Crippen molar-refractivity contribution in [3.63, 3.8) is 0 Å². The van der Waals surface area contributed by atoms with Crippen molar-refractivity contribution in [1.82, 2.24) is 10.2 Å². The molecule has 1 fully saturated rings. The molecule has 0 saturated heterocycles. The molecule has 4 aromatic rings. The molecule has 1 N–H and O–H groups in total. The predicted molar refractivity (Wildman–Crippen MR) is 179 cm³/mol. The molecule has 0 aliphatic heterocycles. The number of carbonyl (C=O) groups excluding carboxylic acids is 2. The molecule has 252 valence electrons. The van der Waals surface area contributed by atoms with E-state index in [0.717, 1.165) is 43.4 Å². The molecular formula is C36H35ClF3N3O4S. The summed E-state index contributed by atoms with van der Waals surface area (Å²) in [4.78, 5) is 29.7. The van der Waals surface area contributed by atoms with E-state index in [0.29, 0.717) is 21.0 Å². The Labute approximate surface area is 283 Å². The second kappa shape index (κ2) is 15.3. The van der Waals surface area contributed by atoms with Crippen LogP contribution in [-0.2, 0) is 38.8 Å². The van der Waals surface area contributed by atoms with Gasteiger partial charge in [-0.05, 0) is 60.4 Å². The van der Waals surface area contributed by atoms with Gasteiger partial charge in [-0.1, -0.05) is 97.2 Å². The number of nitrogens with zero attached hydrogens (tertiary/aromatic N) is 2. The largest absolute Gasteiger partial charge is 0.416 e. The number of anilines is 1. The van der Waals surface area contributed by atoms with Crippen LogP contribution in [0.2, 0.25) is 5.02 Å². The zero-order valence-electron chi connectivity index (χ0n) is 25.9. The van der Waals surface area contributed by atoms with Crippen LogP contribution in [0.5, 0.6) is 0 Å². The molecule has 1 atom stereocenters. The summed E-state index contributed by atoms with van der Waals surface area (Å²) >= 11 is 6.52. The number of hydrogen-bond acceptors (Lipinski definition) is 4. The van der Waals surface area contributed by atoms with Gasteiger partial charge in [-0.2, -0.15) is 13.2 Å². The summed E-state index contributed by atoms with van der Waals surface area (Å²) in [5, 5.41) is 3.41. The quantitative estimate of drug-likeness (QED) is 0.169. The molecule has 0 bridgehead atoms. The molecule has 12 heteroatoms. The first kappa shape index (κ1) is 35.0. The number of hydrogen-bond donors (Lipinski definition) is 1. The third kappa shape index (κ3) is 8.56.